The number of carboxylic acid groups (broad SMARTS) is 1. The average molecular weight is 475 g/mol. The SMILES string of the molecule is CN1C(=O)/C(=C/c2ccc(OCc3ccc(C(=O)O)cc3)c(Br)c2)C(=O)NC1=S. The Balaban J connectivity index is 1.73. The standard InChI is InChI=1S/C20H15BrN2O5S/c1-23-18(25)14(17(24)22-20(23)29)8-12-4-7-16(15(21)9-12)28-10-11-2-5-13(6-3-11)19(26)27/h2-9H,10H2,1H3,(H,26,27)(H,22,24,29)/b14-8+. The van der Waals surface area contributed by atoms with E-state index in [1.54, 1.807) is 30.3 Å². The van der Waals surface area contributed by atoms with E-state index >= 15 is 0 Å². The second-order valence-electron chi connectivity index (χ2n) is 6.16. The van der Waals surface area contributed by atoms with Crippen molar-refractivity contribution in [3.63, 3.8) is 0 Å². The lowest BCUT2D eigenvalue weighted by Gasteiger charge is -2.25. The Bertz CT molecular complexity index is 1050. The number of carbonyl (C=O) groups is 3. The number of nitrogens with one attached hydrogen (secondary N) is 1. The summed E-state index contributed by atoms with van der Waals surface area (Å²) >= 11 is 8.34. The second kappa shape index (κ2) is 8.54. The normalized spacial score (nSPS) is 15.4. The summed E-state index contributed by atoms with van der Waals surface area (Å²) in [4.78, 5) is 36.4. The number of aromatic carboxylic acids is 1. The minimum Gasteiger partial charge on any atom is -0.488 e. The number of nitrogens with zero attached hydrogens (tertiary/aromatic N) is 1. The molecular weight excluding hydrogens is 460 g/mol. The van der Waals surface area contributed by atoms with Gasteiger partial charge in [-0.25, -0.2) is 4.79 Å². The van der Waals surface area contributed by atoms with E-state index < -0.39 is 17.8 Å². The molecule has 7 nitrogen and oxygen atoms in total. The largest absolute Gasteiger partial charge is 0.488 e. The maximum absolute atomic E-state index is 12.3. The van der Waals surface area contributed by atoms with E-state index in [1.165, 1.54) is 30.2 Å². The fourth-order valence-electron chi connectivity index (χ4n) is 2.54. The molecule has 0 unspecified atom stereocenters. The number of benzene rings is 2. The molecule has 1 aliphatic rings. The highest BCUT2D eigenvalue weighted by atomic mass is 79.9. The molecule has 148 valence electrons. The third kappa shape index (κ3) is 4.69. The van der Waals surface area contributed by atoms with Crippen LogP contribution in [0.4, 0.5) is 0 Å². The van der Waals surface area contributed by atoms with Gasteiger partial charge in [-0.1, -0.05) is 18.2 Å². The van der Waals surface area contributed by atoms with Crippen LogP contribution in [0, 0.1) is 0 Å². The predicted octanol–water partition coefficient (Wildman–Crippen LogP) is 2.98. The molecule has 0 aromatic heterocycles. The van der Waals surface area contributed by atoms with Gasteiger partial charge in [0.1, 0.15) is 17.9 Å². The van der Waals surface area contributed by atoms with Crippen LogP contribution in [0.3, 0.4) is 0 Å². The molecule has 0 radical (unpaired) electrons. The number of carboxylic acids is 1. The minimum atomic E-state index is -0.983. The maximum atomic E-state index is 12.3. The van der Waals surface area contributed by atoms with Crippen molar-refractivity contribution in [2.75, 3.05) is 7.05 Å². The van der Waals surface area contributed by atoms with E-state index in [0.717, 1.165) is 5.56 Å². The van der Waals surface area contributed by atoms with Gasteiger partial charge in [0.05, 0.1) is 10.0 Å². The molecule has 3 rings (SSSR count). The first kappa shape index (κ1) is 20.7. The maximum Gasteiger partial charge on any atom is 0.335 e. The van der Waals surface area contributed by atoms with Crippen molar-refractivity contribution in [3.05, 3.63) is 69.2 Å². The van der Waals surface area contributed by atoms with Crippen molar-refractivity contribution in [1.29, 1.82) is 0 Å². The van der Waals surface area contributed by atoms with Gasteiger partial charge in [0, 0.05) is 7.05 Å². The van der Waals surface area contributed by atoms with Gasteiger partial charge in [0.2, 0.25) is 0 Å². The first-order valence-corrected chi connectivity index (χ1v) is 9.56. The first-order valence-electron chi connectivity index (χ1n) is 8.36. The number of halogens is 1. The molecule has 0 atom stereocenters. The number of hydrogen-bond donors (Lipinski definition) is 2. The average Bonchev–Trinajstić information content (AvgIpc) is 2.69. The Morgan fingerprint density at radius 2 is 1.93 bits per heavy atom. The van der Waals surface area contributed by atoms with Gasteiger partial charge in [0.25, 0.3) is 11.8 Å². The van der Waals surface area contributed by atoms with Gasteiger partial charge in [0.15, 0.2) is 5.11 Å². The highest BCUT2D eigenvalue weighted by molar-refractivity contribution is 9.10. The zero-order valence-corrected chi connectivity index (χ0v) is 17.5. The predicted molar refractivity (Wildman–Crippen MR) is 113 cm³/mol. The lowest BCUT2D eigenvalue weighted by atomic mass is 10.1. The molecule has 2 aromatic carbocycles. The van der Waals surface area contributed by atoms with Gasteiger partial charge in [-0.3, -0.25) is 19.8 Å². The molecule has 2 N–H and O–H groups in total. The smallest absolute Gasteiger partial charge is 0.335 e. The summed E-state index contributed by atoms with van der Waals surface area (Å²) in [5.41, 5.74) is 1.64. The molecule has 0 bridgehead atoms. The Hall–Kier alpha value is -3.04. The fourth-order valence-corrected chi connectivity index (χ4v) is 3.23. The molecule has 1 heterocycles. The highest BCUT2D eigenvalue weighted by Crippen LogP contribution is 2.28. The van der Waals surface area contributed by atoms with Crippen LogP contribution in [0.15, 0.2) is 52.5 Å². The van der Waals surface area contributed by atoms with Crippen molar-refractivity contribution < 1.29 is 24.2 Å². The molecule has 0 aliphatic carbocycles. The second-order valence-corrected chi connectivity index (χ2v) is 7.40. The summed E-state index contributed by atoms with van der Waals surface area (Å²) in [6.45, 7) is 0.252. The van der Waals surface area contributed by atoms with Crippen LogP contribution in [0.5, 0.6) is 5.75 Å². The fraction of sp³-hybridized carbons (Fsp3) is 0.100. The van der Waals surface area contributed by atoms with E-state index in [0.29, 0.717) is 15.8 Å². The highest BCUT2D eigenvalue weighted by Gasteiger charge is 2.30. The number of likely N-dealkylation sites (N-methyl/N-ethyl adjacent to an activating group) is 1. The van der Waals surface area contributed by atoms with Gasteiger partial charge in [-0.2, -0.15) is 0 Å². The molecule has 2 amide bonds. The Kier molecular flexibility index (Phi) is 6.09. The van der Waals surface area contributed by atoms with Crippen molar-refractivity contribution >= 4 is 57.1 Å². The van der Waals surface area contributed by atoms with Crippen LogP contribution in [0.1, 0.15) is 21.5 Å². The van der Waals surface area contributed by atoms with E-state index in [9.17, 15) is 14.4 Å². The van der Waals surface area contributed by atoms with E-state index in [-0.39, 0.29) is 22.9 Å². The Morgan fingerprint density at radius 3 is 2.55 bits per heavy atom. The lowest BCUT2D eigenvalue weighted by molar-refractivity contribution is -0.128. The Labute approximate surface area is 180 Å². The Morgan fingerprint density at radius 1 is 1.24 bits per heavy atom. The molecular formula is C20H15BrN2O5S. The van der Waals surface area contributed by atoms with Crippen molar-refractivity contribution in [2.24, 2.45) is 0 Å². The van der Waals surface area contributed by atoms with Gasteiger partial charge in [-0.05, 0) is 69.6 Å². The van der Waals surface area contributed by atoms with Crippen LogP contribution in [0.2, 0.25) is 0 Å². The lowest BCUT2D eigenvalue weighted by Crippen LogP contribution is -2.52. The molecule has 1 saturated heterocycles. The number of hydrogen-bond acceptors (Lipinski definition) is 5. The third-order valence-electron chi connectivity index (χ3n) is 4.17. The number of thiocarbonyl (C=S) groups is 1. The summed E-state index contributed by atoms with van der Waals surface area (Å²) in [5.74, 6) is -1.44. The van der Waals surface area contributed by atoms with Crippen LogP contribution < -0.4 is 10.1 Å². The van der Waals surface area contributed by atoms with E-state index in [2.05, 4.69) is 21.2 Å². The summed E-state index contributed by atoms with van der Waals surface area (Å²) in [6, 6.07) is 11.6. The molecule has 2 aromatic rings. The zero-order chi connectivity index (χ0) is 21.1. The molecule has 1 aliphatic heterocycles. The van der Waals surface area contributed by atoms with Gasteiger partial charge < -0.3 is 9.84 Å². The van der Waals surface area contributed by atoms with Crippen molar-refractivity contribution in [2.45, 2.75) is 6.61 Å². The molecule has 9 heteroatoms. The zero-order valence-electron chi connectivity index (χ0n) is 15.1. The summed E-state index contributed by atoms with van der Waals surface area (Å²) in [5, 5.41) is 11.5. The number of amides is 2. The molecule has 0 spiro atoms. The summed E-state index contributed by atoms with van der Waals surface area (Å²) in [7, 11) is 1.49. The number of rotatable bonds is 5. The van der Waals surface area contributed by atoms with E-state index in [4.69, 9.17) is 22.1 Å². The summed E-state index contributed by atoms with van der Waals surface area (Å²) in [6.07, 6.45) is 1.48. The van der Waals surface area contributed by atoms with Crippen molar-refractivity contribution in [1.82, 2.24) is 10.2 Å². The van der Waals surface area contributed by atoms with Crippen LogP contribution in [-0.4, -0.2) is 40.0 Å². The number of carbonyl (C=O) groups excluding carboxylic acids is 2. The minimum absolute atomic E-state index is 0.0137. The van der Waals surface area contributed by atoms with Gasteiger partial charge >= 0.3 is 5.97 Å². The summed E-state index contributed by atoms with van der Waals surface area (Å²) < 4.78 is 6.40. The molecule has 29 heavy (non-hydrogen) atoms. The molecule has 1 fully saturated rings. The number of ether oxygens (including phenoxy) is 1. The van der Waals surface area contributed by atoms with Gasteiger partial charge in [-0.15, -0.1) is 0 Å². The van der Waals surface area contributed by atoms with Crippen LogP contribution in [-0.2, 0) is 16.2 Å². The van der Waals surface area contributed by atoms with Crippen LogP contribution in [0.25, 0.3) is 6.08 Å². The topological polar surface area (TPSA) is 95.9 Å². The quantitative estimate of drug-likeness (QED) is 0.392. The first-order chi connectivity index (χ1) is 13.8. The molecule has 0 saturated carbocycles. The van der Waals surface area contributed by atoms with Crippen molar-refractivity contribution in [3.8, 4) is 5.75 Å². The van der Waals surface area contributed by atoms with E-state index in [1.807, 2.05) is 0 Å². The third-order valence-corrected chi connectivity index (χ3v) is 5.16. The van der Waals surface area contributed by atoms with Crippen LogP contribution >= 0.6 is 28.1 Å². The monoisotopic (exact) mass is 474 g/mol.